The lowest BCUT2D eigenvalue weighted by Crippen LogP contribution is -2.45. The van der Waals surface area contributed by atoms with Crippen LogP contribution in [-0.2, 0) is 4.79 Å². The molecule has 0 aromatic heterocycles. The van der Waals surface area contributed by atoms with Gasteiger partial charge >= 0.3 is 0 Å². The lowest BCUT2D eigenvalue weighted by atomic mass is 10.1. The third-order valence-electron chi connectivity index (χ3n) is 2.38. The molecule has 3 nitrogen and oxygen atoms in total. The number of rotatable bonds is 4. The molecule has 0 spiro atoms. The molecule has 1 atom stereocenters. The summed E-state index contributed by atoms with van der Waals surface area (Å²) >= 11 is 0. The Hall–Kier alpha value is -1.35. The summed E-state index contributed by atoms with van der Waals surface area (Å²) in [5.74, 6) is 0.0280. The van der Waals surface area contributed by atoms with Crippen molar-refractivity contribution in [2.45, 2.75) is 39.3 Å². The number of carbonyl (C=O) groups is 1. The Morgan fingerprint density at radius 1 is 1.24 bits per heavy atom. The minimum absolute atomic E-state index is 0.0280. The zero-order valence-corrected chi connectivity index (χ0v) is 11.1. The first-order chi connectivity index (χ1) is 7.88. The molecule has 0 saturated carbocycles. The van der Waals surface area contributed by atoms with E-state index in [4.69, 9.17) is 0 Å². The SMILES string of the molecule is CC(NCC(=O)NC(C)(C)C)c1ccccc1. The van der Waals surface area contributed by atoms with Crippen molar-refractivity contribution in [3.05, 3.63) is 35.9 Å². The number of benzene rings is 1. The van der Waals surface area contributed by atoms with Gasteiger partial charge in [0.05, 0.1) is 6.54 Å². The highest BCUT2D eigenvalue weighted by atomic mass is 16.2. The van der Waals surface area contributed by atoms with Gasteiger partial charge in [-0.1, -0.05) is 30.3 Å². The van der Waals surface area contributed by atoms with Crippen LogP contribution in [0.3, 0.4) is 0 Å². The maximum atomic E-state index is 11.6. The van der Waals surface area contributed by atoms with Gasteiger partial charge in [0, 0.05) is 11.6 Å². The zero-order valence-electron chi connectivity index (χ0n) is 11.1. The Balaban J connectivity index is 2.39. The zero-order chi connectivity index (χ0) is 12.9. The van der Waals surface area contributed by atoms with Gasteiger partial charge in [0.25, 0.3) is 0 Å². The Labute approximate surface area is 104 Å². The Kier molecular flexibility index (Phi) is 4.70. The van der Waals surface area contributed by atoms with Gasteiger partial charge in [0.2, 0.25) is 5.91 Å². The minimum Gasteiger partial charge on any atom is -0.350 e. The molecule has 3 heteroatoms. The van der Waals surface area contributed by atoms with Gasteiger partial charge in [-0.25, -0.2) is 0 Å². The molecule has 2 N–H and O–H groups in total. The summed E-state index contributed by atoms with van der Waals surface area (Å²) in [5.41, 5.74) is 1.02. The van der Waals surface area contributed by atoms with Gasteiger partial charge in [0.1, 0.15) is 0 Å². The van der Waals surface area contributed by atoms with E-state index in [0.717, 1.165) is 0 Å². The molecule has 0 aliphatic rings. The third kappa shape index (κ3) is 5.50. The molecule has 0 bridgehead atoms. The summed E-state index contributed by atoms with van der Waals surface area (Å²) in [6.07, 6.45) is 0. The molecule has 0 aliphatic heterocycles. The molecule has 0 saturated heterocycles. The summed E-state index contributed by atoms with van der Waals surface area (Å²) in [5, 5.41) is 6.13. The Bertz CT molecular complexity index is 354. The lowest BCUT2D eigenvalue weighted by Gasteiger charge is -2.21. The van der Waals surface area contributed by atoms with Crippen LogP contribution in [0, 0.1) is 0 Å². The van der Waals surface area contributed by atoms with E-state index in [-0.39, 0.29) is 17.5 Å². The van der Waals surface area contributed by atoms with E-state index >= 15 is 0 Å². The van der Waals surface area contributed by atoms with Crippen LogP contribution in [-0.4, -0.2) is 18.0 Å². The average molecular weight is 234 g/mol. The number of amides is 1. The molecule has 0 aliphatic carbocycles. The first kappa shape index (κ1) is 13.7. The molecule has 1 aromatic carbocycles. The number of nitrogens with one attached hydrogen (secondary N) is 2. The highest BCUT2D eigenvalue weighted by Crippen LogP contribution is 2.10. The van der Waals surface area contributed by atoms with Crippen molar-refractivity contribution in [1.82, 2.24) is 10.6 Å². The predicted molar refractivity (Wildman–Crippen MR) is 70.8 cm³/mol. The summed E-state index contributed by atoms with van der Waals surface area (Å²) in [6.45, 7) is 8.33. The van der Waals surface area contributed by atoms with Crippen LogP contribution in [0.25, 0.3) is 0 Å². The van der Waals surface area contributed by atoms with E-state index in [2.05, 4.69) is 29.7 Å². The van der Waals surface area contributed by atoms with E-state index in [1.165, 1.54) is 5.56 Å². The number of hydrogen-bond acceptors (Lipinski definition) is 2. The van der Waals surface area contributed by atoms with Crippen LogP contribution < -0.4 is 10.6 Å². The number of carbonyl (C=O) groups excluding carboxylic acids is 1. The Morgan fingerprint density at radius 3 is 2.35 bits per heavy atom. The quantitative estimate of drug-likeness (QED) is 0.839. The van der Waals surface area contributed by atoms with Crippen LogP contribution >= 0.6 is 0 Å². The van der Waals surface area contributed by atoms with Crippen LogP contribution in [0.4, 0.5) is 0 Å². The van der Waals surface area contributed by atoms with Crippen LogP contribution in [0.2, 0.25) is 0 Å². The maximum Gasteiger partial charge on any atom is 0.234 e. The second kappa shape index (κ2) is 5.82. The molecule has 94 valence electrons. The fourth-order valence-electron chi connectivity index (χ4n) is 1.57. The highest BCUT2D eigenvalue weighted by molar-refractivity contribution is 5.78. The van der Waals surface area contributed by atoms with Crippen molar-refractivity contribution in [3.63, 3.8) is 0 Å². The van der Waals surface area contributed by atoms with Gasteiger partial charge in [-0.15, -0.1) is 0 Å². The van der Waals surface area contributed by atoms with Gasteiger partial charge < -0.3 is 10.6 Å². The second-order valence-corrected chi connectivity index (χ2v) is 5.31. The van der Waals surface area contributed by atoms with E-state index in [0.29, 0.717) is 6.54 Å². The molecule has 1 amide bonds. The van der Waals surface area contributed by atoms with Gasteiger partial charge in [0.15, 0.2) is 0 Å². The standard InChI is InChI=1S/C14H22N2O/c1-11(12-8-6-5-7-9-12)15-10-13(17)16-14(2,3)4/h5-9,11,15H,10H2,1-4H3,(H,16,17). The summed E-state index contributed by atoms with van der Waals surface area (Å²) in [6, 6.07) is 10.3. The van der Waals surface area contributed by atoms with Gasteiger partial charge in [-0.05, 0) is 33.3 Å². The predicted octanol–water partition coefficient (Wildman–Crippen LogP) is 2.25. The van der Waals surface area contributed by atoms with Crippen LogP contribution in [0.1, 0.15) is 39.3 Å². The largest absolute Gasteiger partial charge is 0.350 e. The molecule has 0 heterocycles. The second-order valence-electron chi connectivity index (χ2n) is 5.31. The normalized spacial score (nSPS) is 13.2. The number of hydrogen-bond donors (Lipinski definition) is 2. The lowest BCUT2D eigenvalue weighted by molar-refractivity contribution is -0.121. The average Bonchev–Trinajstić information content (AvgIpc) is 2.25. The molecule has 1 aromatic rings. The van der Waals surface area contributed by atoms with Crippen LogP contribution in [0.5, 0.6) is 0 Å². The van der Waals surface area contributed by atoms with Crippen molar-refractivity contribution < 1.29 is 4.79 Å². The molecular weight excluding hydrogens is 212 g/mol. The summed E-state index contributed by atoms with van der Waals surface area (Å²) in [4.78, 5) is 11.6. The van der Waals surface area contributed by atoms with E-state index in [9.17, 15) is 4.79 Å². The molecule has 0 radical (unpaired) electrons. The van der Waals surface area contributed by atoms with Crippen molar-refractivity contribution in [2.75, 3.05) is 6.54 Å². The van der Waals surface area contributed by atoms with E-state index in [1.54, 1.807) is 0 Å². The first-order valence-corrected chi connectivity index (χ1v) is 5.98. The first-order valence-electron chi connectivity index (χ1n) is 5.98. The van der Waals surface area contributed by atoms with Crippen molar-refractivity contribution in [2.24, 2.45) is 0 Å². The van der Waals surface area contributed by atoms with E-state index in [1.807, 2.05) is 39.0 Å². The van der Waals surface area contributed by atoms with Crippen molar-refractivity contribution in [1.29, 1.82) is 0 Å². The molecule has 0 fully saturated rings. The smallest absolute Gasteiger partial charge is 0.234 e. The van der Waals surface area contributed by atoms with E-state index < -0.39 is 0 Å². The van der Waals surface area contributed by atoms with Gasteiger partial charge in [-0.3, -0.25) is 4.79 Å². The van der Waals surface area contributed by atoms with Crippen molar-refractivity contribution in [3.8, 4) is 0 Å². The maximum absolute atomic E-state index is 11.6. The summed E-state index contributed by atoms with van der Waals surface area (Å²) < 4.78 is 0. The Morgan fingerprint density at radius 2 is 1.82 bits per heavy atom. The third-order valence-corrected chi connectivity index (χ3v) is 2.38. The van der Waals surface area contributed by atoms with Crippen LogP contribution in [0.15, 0.2) is 30.3 Å². The fourth-order valence-corrected chi connectivity index (χ4v) is 1.57. The minimum atomic E-state index is -0.172. The topological polar surface area (TPSA) is 41.1 Å². The monoisotopic (exact) mass is 234 g/mol. The highest BCUT2D eigenvalue weighted by Gasteiger charge is 2.14. The molecule has 17 heavy (non-hydrogen) atoms. The molecular formula is C14H22N2O. The summed E-state index contributed by atoms with van der Waals surface area (Å²) in [7, 11) is 0. The van der Waals surface area contributed by atoms with Gasteiger partial charge in [-0.2, -0.15) is 0 Å². The molecule has 1 rings (SSSR count). The van der Waals surface area contributed by atoms with Crippen molar-refractivity contribution >= 4 is 5.91 Å². The fraction of sp³-hybridized carbons (Fsp3) is 0.500. The molecule has 1 unspecified atom stereocenters.